The third-order valence-electron chi connectivity index (χ3n) is 2.43. The van der Waals surface area contributed by atoms with E-state index in [-0.39, 0.29) is 24.5 Å². The Bertz CT molecular complexity index is 611. The summed E-state index contributed by atoms with van der Waals surface area (Å²) in [5.41, 5.74) is 5.23. The maximum atomic E-state index is 13.4. The lowest BCUT2D eigenvalue weighted by atomic mass is 10.2. The van der Waals surface area contributed by atoms with Crippen LogP contribution in [0, 0.1) is 23.4 Å². The summed E-state index contributed by atoms with van der Waals surface area (Å²) in [5.74, 6) is -5.30. The highest BCUT2D eigenvalue weighted by atomic mass is 32.2. The van der Waals surface area contributed by atoms with Crippen molar-refractivity contribution in [2.75, 3.05) is 6.54 Å². The van der Waals surface area contributed by atoms with Gasteiger partial charge in [0.1, 0.15) is 23.3 Å². The van der Waals surface area contributed by atoms with Crippen molar-refractivity contribution in [3.63, 3.8) is 0 Å². The molecule has 0 fully saturated rings. The van der Waals surface area contributed by atoms with E-state index in [9.17, 15) is 21.6 Å². The van der Waals surface area contributed by atoms with Gasteiger partial charge in [0.05, 0.1) is 0 Å². The summed E-state index contributed by atoms with van der Waals surface area (Å²) >= 11 is 0. The second-order valence-electron chi connectivity index (χ2n) is 3.98. The first kappa shape index (κ1) is 16.2. The molecule has 0 bridgehead atoms. The van der Waals surface area contributed by atoms with E-state index in [1.807, 2.05) is 4.72 Å². The Hall–Kier alpha value is -1.81. The standard InChI is InChI=1S/C10H12F3N3O3S/c1-5(10(14)16-17)4-15-20(18,19)9-7(12)2-6(11)3-8(9)13/h2-3,5,15,17H,4H2,1H3,(H2,14,16). The van der Waals surface area contributed by atoms with Gasteiger partial charge in [0.2, 0.25) is 10.0 Å². The van der Waals surface area contributed by atoms with Crippen LogP contribution in [-0.4, -0.2) is 26.0 Å². The minimum absolute atomic E-state index is 0.255. The first-order valence-corrected chi connectivity index (χ1v) is 6.79. The van der Waals surface area contributed by atoms with Crippen LogP contribution in [0.5, 0.6) is 0 Å². The summed E-state index contributed by atoms with van der Waals surface area (Å²) in [4.78, 5) is -1.29. The Morgan fingerprint density at radius 1 is 1.40 bits per heavy atom. The molecule has 0 aliphatic heterocycles. The highest BCUT2D eigenvalue weighted by molar-refractivity contribution is 7.89. The number of benzene rings is 1. The molecule has 0 aromatic heterocycles. The molecular weight excluding hydrogens is 299 g/mol. The van der Waals surface area contributed by atoms with E-state index >= 15 is 0 Å². The normalized spacial score (nSPS) is 14.3. The molecule has 0 amide bonds. The molecule has 1 aromatic rings. The molecule has 1 rings (SSSR count). The Kier molecular flexibility index (Phi) is 4.95. The highest BCUT2D eigenvalue weighted by Gasteiger charge is 2.25. The van der Waals surface area contributed by atoms with Crippen LogP contribution < -0.4 is 10.5 Å². The van der Waals surface area contributed by atoms with E-state index in [2.05, 4.69) is 5.16 Å². The number of oxime groups is 1. The van der Waals surface area contributed by atoms with Crippen molar-refractivity contribution in [1.29, 1.82) is 0 Å². The van der Waals surface area contributed by atoms with E-state index in [1.165, 1.54) is 6.92 Å². The molecule has 4 N–H and O–H groups in total. The van der Waals surface area contributed by atoms with E-state index < -0.39 is 38.3 Å². The van der Waals surface area contributed by atoms with Crippen molar-refractivity contribution in [3.8, 4) is 0 Å². The van der Waals surface area contributed by atoms with Gasteiger partial charge in [-0.2, -0.15) is 0 Å². The van der Waals surface area contributed by atoms with Crippen LogP contribution in [-0.2, 0) is 10.0 Å². The molecule has 6 nitrogen and oxygen atoms in total. The van der Waals surface area contributed by atoms with E-state index in [0.717, 1.165) is 0 Å². The van der Waals surface area contributed by atoms with Gasteiger partial charge in [-0.25, -0.2) is 26.3 Å². The second kappa shape index (κ2) is 6.09. The lowest BCUT2D eigenvalue weighted by Gasteiger charge is -2.12. The number of rotatable bonds is 5. The topological polar surface area (TPSA) is 105 Å². The maximum absolute atomic E-state index is 13.4. The molecule has 1 atom stereocenters. The van der Waals surface area contributed by atoms with Gasteiger partial charge < -0.3 is 10.9 Å². The summed E-state index contributed by atoms with van der Waals surface area (Å²) in [5, 5.41) is 11.1. The lowest BCUT2D eigenvalue weighted by Crippen LogP contribution is -2.35. The SMILES string of the molecule is CC(CNS(=O)(=O)c1c(F)cc(F)cc1F)C(N)=NO. The zero-order chi connectivity index (χ0) is 15.5. The lowest BCUT2D eigenvalue weighted by molar-refractivity contribution is 0.314. The molecule has 0 aliphatic carbocycles. The minimum atomic E-state index is -4.53. The van der Waals surface area contributed by atoms with E-state index in [4.69, 9.17) is 10.9 Å². The molecule has 10 heteroatoms. The van der Waals surface area contributed by atoms with Crippen LogP contribution in [0.4, 0.5) is 13.2 Å². The number of hydrogen-bond acceptors (Lipinski definition) is 4. The number of amidine groups is 1. The number of hydrogen-bond donors (Lipinski definition) is 3. The van der Waals surface area contributed by atoms with E-state index in [1.54, 1.807) is 0 Å². The molecule has 1 aromatic carbocycles. The Morgan fingerprint density at radius 3 is 2.35 bits per heavy atom. The van der Waals surface area contributed by atoms with Crippen molar-refractivity contribution >= 4 is 15.9 Å². The van der Waals surface area contributed by atoms with Gasteiger partial charge in [0, 0.05) is 24.6 Å². The number of nitrogens with two attached hydrogens (primary N) is 1. The molecular formula is C10H12F3N3O3S. The second-order valence-corrected chi connectivity index (χ2v) is 5.68. The smallest absolute Gasteiger partial charge is 0.246 e. The molecule has 0 radical (unpaired) electrons. The Morgan fingerprint density at radius 2 is 1.90 bits per heavy atom. The summed E-state index contributed by atoms with van der Waals surface area (Å²) in [6.45, 7) is 1.07. The molecule has 0 saturated carbocycles. The minimum Gasteiger partial charge on any atom is -0.409 e. The van der Waals surface area contributed by atoms with Crippen LogP contribution in [0.1, 0.15) is 6.92 Å². The molecule has 1 unspecified atom stereocenters. The summed E-state index contributed by atoms with van der Waals surface area (Å²) in [6, 6.07) is 0.509. The monoisotopic (exact) mass is 311 g/mol. The third kappa shape index (κ3) is 3.61. The molecule has 112 valence electrons. The first-order valence-electron chi connectivity index (χ1n) is 5.30. The van der Waals surface area contributed by atoms with Crippen molar-refractivity contribution < 1.29 is 26.8 Å². The molecule has 0 aliphatic rings. The van der Waals surface area contributed by atoms with Crippen molar-refractivity contribution in [1.82, 2.24) is 4.72 Å². The molecule has 0 spiro atoms. The number of nitrogens with one attached hydrogen (secondary N) is 1. The highest BCUT2D eigenvalue weighted by Crippen LogP contribution is 2.20. The Balaban J connectivity index is 3.02. The van der Waals surface area contributed by atoms with Gasteiger partial charge in [-0.3, -0.25) is 0 Å². The summed E-state index contributed by atoms with van der Waals surface area (Å²) < 4.78 is 64.8. The van der Waals surface area contributed by atoms with Gasteiger partial charge in [-0.1, -0.05) is 12.1 Å². The van der Waals surface area contributed by atoms with Gasteiger partial charge in [-0.15, -0.1) is 0 Å². The van der Waals surface area contributed by atoms with Crippen molar-refractivity contribution in [2.24, 2.45) is 16.8 Å². The zero-order valence-corrected chi connectivity index (χ0v) is 11.1. The first-order chi connectivity index (χ1) is 9.19. The third-order valence-corrected chi connectivity index (χ3v) is 3.91. The van der Waals surface area contributed by atoms with Crippen LogP contribution >= 0.6 is 0 Å². The fraction of sp³-hybridized carbons (Fsp3) is 0.300. The van der Waals surface area contributed by atoms with Crippen molar-refractivity contribution in [3.05, 3.63) is 29.6 Å². The molecule has 0 heterocycles. The maximum Gasteiger partial charge on any atom is 0.246 e. The van der Waals surface area contributed by atoms with Crippen molar-refractivity contribution in [2.45, 2.75) is 11.8 Å². The van der Waals surface area contributed by atoms with Gasteiger partial charge in [0.25, 0.3) is 0 Å². The van der Waals surface area contributed by atoms with Crippen LogP contribution in [0.3, 0.4) is 0 Å². The number of sulfonamides is 1. The van der Waals surface area contributed by atoms with Gasteiger partial charge in [-0.05, 0) is 0 Å². The summed E-state index contributed by atoms with van der Waals surface area (Å²) in [6.07, 6.45) is 0. The summed E-state index contributed by atoms with van der Waals surface area (Å²) in [7, 11) is -4.53. The van der Waals surface area contributed by atoms with Crippen LogP contribution in [0.15, 0.2) is 22.2 Å². The van der Waals surface area contributed by atoms with Gasteiger partial charge >= 0.3 is 0 Å². The van der Waals surface area contributed by atoms with E-state index in [0.29, 0.717) is 0 Å². The fourth-order valence-corrected chi connectivity index (χ4v) is 2.54. The fourth-order valence-electron chi connectivity index (χ4n) is 1.30. The molecule has 0 saturated heterocycles. The van der Waals surface area contributed by atoms with Crippen LogP contribution in [0.2, 0.25) is 0 Å². The predicted octanol–water partition coefficient (Wildman–Crippen LogP) is 0.765. The zero-order valence-electron chi connectivity index (χ0n) is 10.3. The number of nitrogens with zero attached hydrogens (tertiary/aromatic N) is 1. The van der Waals surface area contributed by atoms with Gasteiger partial charge in [0.15, 0.2) is 4.90 Å². The average molecular weight is 311 g/mol. The average Bonchev–Trinajstić information content (AvgIpc) is 2.33. The molecule has 20 heavy (non-hydrogen) atoms. The largest absolute Gasteiger partial charge is 0.409 e. The number of halogens is 3. The van der Waals surface area contributed by atoms with Crippen LogP contribution in [0.25, 0.3) is 0 Å². The predicted molar refractivity (Wildman–Crippen MR) is 64.1 cm³/mol. The Labute approximate surface area is 113 Å². The quantitative estimate of drug-likeness (QED) is 0.323.